The van der Waals surface area contributed by atoms with E-state index >= 15 is 0 Å². The molecule has 0 saturated carbocycles. The van der Waals surface area contributed by atoms with Crippen molar-refractivity contribution in [1.82, 2.24) is 10.2 Å². The molecule has 0 spiro atoms. The van der Waals surface area contributed by atoms with E-state index in [1.165, 1.54) is 6.42 Å². The Morgan fingerprint density at radius 3 is 2.86 bits per heavy atom. The molecular formula is C10H21N3O. The number of carbonyl (C=O) groups excluding carboxylic acids is 1. The standard InChI is InChI=1S/C10H21N3O/c1-2-6-13(7-4-10(11)14)9-3-5-12-8-9/h9,12H,2-8H2,1H3,(H2,11,14). The number of primary amides is 1. The predicted octanol–water partition coefficient (Wildman–Crippen LogP) is -0.0643. The van der Waals surface area contributed by atoms with Gasteiger partial charge >= 0.3 is 0 Å². The fourth-order valence-corrected chi connectivity index (χ4v) is 1.97. The van der Waals surface area contributed by atoms with E-state index in [1.54, 1.807) is 0 Å². The van der Waals surface area contributed by atoms with E-state index in [0.717, 1.165) is 32.6 Å². The van der Waals surface area contributed by atoms with Gasteiger partial charge in [0.2, 0.25) is 5.91 Å². The van der Waals surface area contributed by atoms with Crippen LogP contribution in [-0.4, -0.2) is 43.0 Å². The second-order valence-electron chi connectivity index (χ2n) is 3.90. The summed E-state index contributed by atoms with van der Waals surface area (Å²) in [5.41, 5.74) is 5.15. The van der Waals surface area contributed by atoms with Crippen molar-refractivity contribution in [3.63, 3.8) is 0 Å². The van der Waals surface area contributed by atoms with Gasteiger partial charge in [0, 0.05) is 25.6 Å². The molecule has 1 saturated heterocycles. The number of carbonyl (C=O) groups is 1. The molecular weight excluding hydrogens is 178 g/mol. The lowest BCUT2D eigenvalue weighted by Crippen LogP contribution is -2.39. The number of nitrogens with zero attached hydrogens (tertiary/aromatic N) is 1. The average molecular weight is 199 g/mol. The normalized spacial score (nSPS) is 21.7. The molecule has 1 amide bonds. The minimum absolute atomic E-state index is 0.197. The van der Waals surface area contributed by atoms with Crippen LogP contribution in [-0.2, 0) is 4.79 Å². The van der Waals surface area contributed by atoms with Crippen LogP contribution in [0.25, 0.3) is 0 Å². The van der Waals surface area contributed by atoms with Gasteiger partial charge in [0.05, 0.1) is 0 Å². The summed E-state index contributed by atoms with van der Waals surface area (Å²) >= 11 is 0. The summed E-state index contributed by atoms with van der Waals surface area (Å²) in [5, 5.41) is 3.34. The van der Waals surface area contributed by atoms with E-state index in [9.17, 15) is 4.79 Å². The third-order valence-corrected chi connectivity index (χ3v) is 2.71. The van der Waals surface area contributed by atoms with Crippen LogP contribution in [0.1, 0.15) is 26.2 Å². The van der Waals surface area contributed by atoms with Crippen LogP contribution in [0.15, 0.2) is 0 Å². The van der Waals surface area contributed by atoms with Crippen LogP contribution in [0, 0.1) is 0 Å². The van der Waals surface area contributed by atoms with Gasteiger partial charge in [0.25, 0.3) is 0 Å². The molecule has 0 bridgehead atoms. The molecule has 1 rings (SSSR count). The van der Waals surface area contributed by atoms with Gasteiger partial charge in [0.1, 0.15) is 0 Å². The van der Waals surface area contributed by atoms with Crippen molar-refractivity contribution >= 4 is 5.91 Å². The molecule has 4 heteroatoms. The van der Waals surface area contributed by atoms with E-state index in [2.05, 4.69) is 17.1 Å². The average Bonchev–Trinajstić information content (AvgIpc) is 2.64. The van der Waals surface area contributed by atoms with Gasteiger partial charge in [-0.2, -0.15) is 0 Å². The number of nitrogens with one attached hydrogen (secondary N) is 1. The van der Waals surface area contributed by atoms with E-state index in [0.29, 0.717) is 12.5 Å². The Balaban J connectivity index is 2.33. The molecule has 4 nitrogen and oxygen atoms in total. The molecule has 0 aliphatic carbocycles. The molecule has 0 aromatic heterocycles. The zero-order valence-corrected chi connectivity index (χ0v) is 8.96. The molecule has 1 atom stereocenters. The summed E-state index contributed by atoms with van der Waals surface area (Å²) in [7, 11) is 0. The van der Waals surface area contributed by atoms with Gasteiger partial charge in [-0.3, -0.25) is 9.69 Å². The topological polar surface area (TPSA) is 58.4 Å². The van der Waals surface area contributed by atoms with Crippen LogP contribution >= 0.6 is 0 Å². The highest BCUT2D eigenvalue weighted by molar-refractivity contribution is 5.73. The molecule has 1 aliphatic heterocycles. The lowest BCUT2D eigenvalue weighted by molar-refractivity contribution is -0.118. The Morgan fingerprint density at radius 2 is 2.36 bits per heavy atom. The maximum Gasteiger partial charge on any atom is 0.218 e. The number of hydrogen-bond donors (Lipinski definition) is 2. The maximum atomic E-state index is 10.7. The lowest BCUT2D eigenvalue weighted by Gasteiger charge is -2.27. The SMILES string of the molecule is CCCN(CCC(N)=O)C1CCNC1. The van der Waals surface area contributed by atoms with Crippen LogP contribution in [0.4, 0.5) is 0 Å². The first kappa shape index (κ1) is 11.5. The molecule has 0 radical (unpaired) electrons. The summed E-state index contributed by atoms with van der Waals surface area (Å²) in [4.78, 5) is 13.1. The second kappa shape index (κ2) is 5.98. The fourth-order valence-electron chi connectivity index (χ4n) is 1.97. The molecule has 1 fully saturated rings. The largest absolute Gasteiger partial charge is 0.370 e. The van der Waals surface area contributed by atoms with E-state index in [1.807, 2.05) is 0 Å². The van der Waals surface area contributed by atoms with Gasteiger partial charge < -0.3 is 11.1 Å². The molecule has 1 aliphatic rings. The summed E-state index contributed by atoms with van der Waals surface area (Å²) in [6.07, 6.45) is 2.81. The van der Waals surface area contributed by atoms with Crippen molar-refractivity contribution in [1.29, 1.82) is 0 Å². The molecule has 1 heterocycles. The van der Waals surface area contributed by atoms with Crippen LogP contribution in [0.2, 0.25) is 0 Å². The number of hydrogen-bond acceptors (Lipinski definition) is 3. The van der Waals surface area contributed by atoms with Crippen molar-refractivity contribution in [2.45, 2.75) is 32.2 Å². The second-order valence-corrected chi connectivity index (χ2v) is 3.90. The third kappa shape index (κ3) is 3.64. The predicted molar refractivity (Wildman–Crippen MR) is 57.0 cm³/mol. The summed E-state index contributed by atoms with van der Waals surface area (Å²) < 4.78 is 0. The van der Waals surface area contributed by atoms with Gasteiger partial charge in [0.15, 0.2) is 0 Å². The van der Waals surface area contributed by atoms with Gasteiger partial charge in [-0.15, -0.1) is 0 Å². The number of rotatable bonds is 6. The van der Waals surface area contributed by atoms with E-state index in [4.69, 9.17) is 5.73 Å². The Labute approximate surface area is 85.8 Å². The van der Waals surface area contributed by atoms with Crippen LogP contribution < -0.4 is 11.1 Å². The highest BCUT2D eigenvalue weighted by Gasteiger charge is 2.21. The first-order valence-electron chi connectivity index (χ1n) is 5.47. The third-order valence-electron chi connectivity index (χ3n) is 2.71. The molecule has 3 N–H and O–H groups in total. The maximum absolute atomic E-state index is 10.7. The van der Waals surface area contributed by atoms with Crippen molar-refractivity contribution in [2.75, 3.05) is 26.2 Å². The van der Waals surface area contributed by atoms with Crippen molar-refractivity contribution in [3.05, 3.63) is 0 Å². The summed E-state index contributed by atoms with van der Waals surface area (Å²) in [5.74, 6) is -0.197. The zero-order chi connectivity index (χ0) is 10.4. The zero-order valence-electron chi connectivity index (χ0n) is 8.96. The molecule has 1 unspecified atom stereocenters. The van der Waals surface area contributed by atoms with Gasteiger partial charge in [-0.05, 0) is 25.9 Å². The first-order chi connectivity index (χ1) is 6.74. The first-order valence-corrected chi connectivity index (χ1v) is 5.47. The monoisotopic (exact) mass is 199 g/mol. The van der Waals surface area contributed by atoms with Crippen LogP contribution in [0.3, 0.4) is 0 Å². The van der Waals surface area contributed by atoms with Gasteiger partial charge in [-0.1, -0.05) is 6.92 Å². The Hall–Kier alpha value is -0.610. The number of nitrogens with two attached hydrogens (primary N) is 1. The molecule has 0 aromatic carbocycles. The van der Waals surface area contributed by atoms with Crippen molar-refractivity contribution in [2.24, 2.45) is 5.73 Å². The van der Waals surface area contributed by atoms with E-state index in [-0.39, 0.29) is 5.91 Å². The quantitative estimate of drug-likeness (QED) is 0.630. The van der Waals surface area contributed by atoms with Crippen molar-refractivity contribution < 1.29 is 4.79 Å². The Morgan fingerprint density at radius 1 is 1.57 bits per heavy atom. The van der Waals surface area contributed by atoms with Crippen LogP contribution in [0.5, 0.6) is 0 Å². The lowest BCUT2D eigenvalue weighted by atomic mass is 10.2. The minimum atomic E-state index is -0.197. The van der Waals surface area contributed by atoms with Gasteiger partial charge in [-0.25, -0.2) is 0 Å². The highest BCUT2D eigenvalue weighted by atomic mass is 16.1. The Bertz CT molecular complexity index is 178. The molecule has 14 heavy (non-hydrogen) atoms. The molecule has 0 aromatic rings. The van der Waals surface area contributed by atoms with Crippen molar-refractivity contribution in [3.8, 4) is 0 Å². The fraction of sp³-hybridized carbons (Fsp3) is 0.900. The summed E-state index contributed by atoms with van der Waals surface area (Å²) in [6.45, 7) is 6.20. The summed E-state index contributed by atoms with van der Waals surface area (Å²) in [6, 6.07) is 0.606. The van der Waals surface area contributed by atoms with E-state index < -0.39 is 0 Å². The molecule has 82 valence electrons. The highest BCUT2D eigenvalue weighted by Crippen LogP contribution is 2.09. The smallest absolute Gasteiger partial charge is 0.218 e. The number of amides is 1. The minimum Gasteiger partial charge on any atom is -0.370 e. The Kier molecular flexibility index (Phi) is 4.90.